The fourth-order valence-electron chi connectivity index (χ4n) is 3.53. The molecule has 3 aromatic carbocycles. The maximum absolute atomic E-state index is 13.5. The van der Waals surface area contributed by atoms with Crippen molar-refractivity contribution in [2.75, 3.05) is 32.0 Å². The minimum atomic E-state index is -3.90. The lowest BCUT2D eigenvalue weighted by Gasteiger charge is -2.20. The quantitative estimate of drug-likeness (QED) is 0.329. The second-order valence-electron chi connectivity index (χ2n) is 7.54. The molecule has 0 N–H and O–H groups in total. The molecule has 0 unspecified atom stereocenters. The molecular weight excluding hydrogens is 488 g/mol. The van der Waals surface area contributed by atoms with Crippen molar-refractivity contribution in [3.8, 4) is 17.2 Å². The van der Waals surface area contributed by atoms with Crippen molar-refractivity contribution in [1.29, 1.82) is 0 Å². The van der Waals surface area contributed by atoms with E-state index >= 15 is 0 Å². The normalized spacial score (nSPS) is 11.3. The summed E-state index contributed by atoms with van der Waals surface area (Å²) < 4.78 is 42.8. The zero-order valence-corrected chi connectivity index (χ0v) is 21.1. The van der Waals surface area contributed by atoms with Crippen LogP contribution in [-0.4, -0.2) is 46.4 Å². The molecule has 1 aromatic heterocycles. The number of nitrogens with zero attached hydrogens (tertiary/aromatic N) is 2. The minimum Gasteiger partial charge on any atom is -0.497 e. The van der Waals surface area contributed by atoms with Gasteiger partial charge in [-0.3, -0.25) is 9.69 Å². The number of rotatable bonds is 9. The summed E-state index contributed by atoms with van der Waals surface area (Å²) in [5.74, 6) is 0.333. The van der Waals surface area contributed by atoms with E-state index in [1.54, 1.807) is 31.4 Å². The molecule has 1 heterocycles. The Labute approximate surface area is 207 Å². The third-order valence-corrected chi connectivity index (χ3v) is 8.06. The van der Waals surface area contributed by atoms with Crippen molar-refractivity contribution >= 4 is 42.4 Å². The Balaban J connectivity index is 1.73. The number of ether oxygens (including phenoxy) is 3. The van der Waals surface area contributed by atoms with Crippen molar-refractivity contribution < 1.29 is 27.4 Å². The average molecular weight is 513 g/mol. The van der Waals surface area contributed by atoms with Crippen LogP contribution in [0, 0.1) is 0 Å². The summed E-state index contributed by atoms with van der Waals surface area (Å²) in [5.41, 5.74) is 1.37. The highest BCUT2D eigenvalue weighted by molar-refractivity contribution is 7.92. The zero-order valence-electron chi connectivity index (χ0n) is 19.4. The molecule has 10 heteroatoms. The highest BCUT2D eigenvalue weighted by atomic mass is 32.2. The molecule has 0 saturated carbocycles. The van der Waals surface area contributed by atoms with Gasteiger partial charge in [-0.05, 0) is 42.0 Å². The molecule has 0 fully saturated rings. The van der Waals surface area contributed by atoms with Gasteiger partial charge in [-0.15, -0.1) is 0 Å². The first-order chi connectivity index (χ1) is 16.9. The first-order valence-electron chi connectivity index (χ1n) is 10.6. The van der Waals surface area contributed by atoms with Gasteiger partial charge in [0, 0.05) is 0 Å². The number of amides is 1. The largest absolute Gasteiger partial charge is 0.497 e. The van der Waals surface area contributed by atoms with Gasteiger partial charge in [-0.2, -0.15) is 0 Å². The van der Waals surface area contributed by atoms with Crippen molar-refractivity contribution in [2.45, 2.75) is 11.4 Å². The first-order valence-corrected chi connectivity index (χ1v) is 13.1. The molecule has 1 amide bonds. The molecule has 35 heavy (non-hydrogen) atoms. The third-order valence-electron chi connectivity index (χ3n) is 5.35. The number of hydrogen-bond donors (Lipinski definition) is 0. The van der Waals surface area contributed by atoms with Crippen LogP contribution in [0.1, 0.15) is 5.56 Å². The summed E-state index contributed by atoms with van der Waals surface area (Å²) in [6, 6.07) is 18.8. The lowest BCUT2D eigenvalue weighted by molar-refractivity contribution is -0.116. The Morgan fingerprint density at radius 3 is 2.17 bits per heavy atom. The predicted octanol–water partition coefficient (Wildman–Crippen LogP) is 4.33. The molecule has 4 rings (SSSR count). The van der Waals surface area contributed by atoms with Crippen molar-refractivity contribution in [3.63, 3.8) is 0 Å². The van der Waals surface area contributed by atoms with E-state index in [9.17, 15) is 13.2 Å². The summed E-state index contributed by atoms with van der Waals surface area (Å²) >= 11 is 1.24. The van der Waals surface area contributed by atoms with Crippen LogP contribution in [0.2, 0.25) is 0 Å². The number of hydrogen-bond acceptors (Lipinski definition) is 8. The van der Waals surface area contributed by atoms with Gasteiger partial charge in [0.2, 0.25) is 5.91 Å². The van der Waals surface area contributed by atoms with E-state index in [1.165, 1.54) is 42.6 Å². The fraction of sp³-hybridized carbons (Fsp3) is 0.200. The van der Waals surface area contributed by atoms with Crippen LogP contribution >= 0.6 is 11.3 Å². The SMILES string of the molecule is COc1ccc(S(=O)(=O)CC(=O)N(Cc2ccccc2)c2nc3c(OC)ccc(OC)c3s2)cc1. The zero-order chi connectivity index (χ0) is 25.0. The summed E-state index contributed by atoms with van der Waals surface area (Å²) in [7, 11) is 0.679. The van der Waals surface area contributed by atoms with Crippen molar-refractivity contribution in [3.05, 3.63) is 72.3 Å². The lowest BCUT2D eigenvalue weighted by Crippen LogP contribution is -2.35. The van der Waals surface area contributed by atoms with Crippen LogP contribution in [-0.2, 0) is 21.2 Å². The number of carbonyl (C=O) groups is 1. The third kappa shape index (κ3) is 5.23. The standard InChI is InChI=1S/C25H24N2O6S2/c1-31-18-9-11-19(12-10-18)35(29,30)16-22(28)27(15-17-7-5-4-6-8-17)25-26-23-20(32-2)13-14-21(33-3)24(23)34-25/h4-14H,15-16H2,1-3H3. The number of carbonyl (C=O) groups excluding carboxylic acids is 1. The number of sulfone groups is 1. The lowest BCUT2D eigenvalue weighted by atomic mass is 10.2. The Bertz CT molecular complexity index is 1390. The van der Waals surface area contributed by atoms with Gasteiger partial charge in [0.15, 0.2) is 15.0 Å². The number of aromatic nitrogens is 1. The predicted molar refractivity (Wildman–Crippen MR) is 135 cm³/mol. The molecule has 0 saturated heterocycles. The second-order valence-corrected chi connectivity index (χ2v) is 10.5. The summed E-state index contributed by atoms with van der Waals surface area (Å²) in [6.07, 6.45) is 0. The van der Waals surface area contributed by atoms with E-state index < -0.39 is 21.5 Å². The van der Waals surface area contributed by atoms with Crippen molar-refractivity contribution in [1.82, 2.24) is 4.98 Å². The van der Waals surface area contributed by atoms with Crippen LogP contribution in [0.3, 0.4) is 0 Å². The Morgan fingerprint density at radius 2 is 1.54 bits per heavy atom. The van der Waals surface area contributed by atoms with Crippen LogP contribution < -0.4 is 19.1 Å². The summed E-state index contributed by atoms with van der Waals surface area (Å²) in [5, 5.41) is 0.349. The van der Waals surface area contributed by atoms with E-state index in [1.807, 2.05) is 30.3 Å². The molecular formula is C25H24N2O6S2. The molecule has 0 bridgehead atoms. The molecule has 4 aromatic rings. The molecule has 0 spiro atoms. The van der Waals surface area contributed by atoms with E-state index in [2.05, 4.69) is 4.98 Å². The average Bonchev–Trinajstić information content (AvgIpc) is 3.32. The summed E-state index contributed by atoms with van der Waals surface area (Å²) in [6.45, 7) is 0.155. The molecule has 8 nitrogen and oxygen atoms in total. The minimum absolute atomic E-state index is 0.0407. The first kappa shape index (κ1) is 24.5. The van der Waals surface area contributed by atoms with Gasteiger partial charge in [0.05, 0.1) is 32.8 Å². The molecule has 0 atom stereocenters. The van der Waals surface area contributed by atoms with Gasteiger partial charge in [-0.1, -0.05) is 41.7 Å². The van der Waals surface area contributed by atoms with E-state index in [-0.39, 0.29) is 11.4 Å². The number of fused-ring (bicyclic) bond motifs is 1. The van der Waals surface area contributed by atoms with Crippen LogP contribution in [0.15, 0.2) is 71.6 Å². The molecule has 0 radical (unpaired) electrons. The number of methoxy groups -OCH3 is 3. The Morgan fingerprint density at radius 1 is 0.886 bits per heavy atom. The number of anilines is 1. The molecule has 0 aliphatic heterocycles. The van der Waals surface area contributed by atoms with Crippen LogP contribution in [0.25, 0.3) is 10.2 Å². The molecule has 182 valence electrons. The fourth-order valence-corrected chi connectivity index (χ4v) is 5.81. The number of benzene rings is 3. The van der Waals surface area contributed by atoms with Gasteiger partial charge >= 0.3 is 0 Å². The molecule has 0 aliphatic rings. The van der Waals surface area contributed by atoms with E-state index in [0.29, 0.717) is 32.6 Å². The molecule has 0 aliphatic carbocycles. The van der Waals surface area contributed by atoms with Gasteiger partial charge in [0.25, 0.3) is 0 Å². The topological polar surface area (TPSA) is 95.0 Å². The summed E-state index contributed by atoms with van der Waals surface area (Å²) in [4.78, 5) is 19.5. The number of thiazole rings is 1. The smallest absolute Gasteiger partial charge is 0.244 e. The van der Waals surface area contributed by atoms with E-state index in [4.69, 9.17) is 14.2 Å². The monoisotopic (exact) mass is 512 g/mol. The van der Waals surface area contributed by atoms with Gasteiger partial charge in [0.1, 0.15) is 33.2 Å². The van der Waals surface area contributed by atoms with E-state index in [0.717, 1.165) is 5.56 Å². The van der Waals surface area contributed by atoms with Gasteiger partial charge in [-0.25, -0.2) is 13.4 Å². The maximum Gasteiger partial charge on any atom is 0.244 e. The second kappa shape index (κ2) is 10.3. The van der Waals surface area contributed by atoms with Gasteiger partial charge < -0.3 is 14.2 Å². The highest BCUT2D eigenvalue weighted by Crippen LogP contribution is 2.40. The van der Waals surface area contributed by atoms with Crippen molar-refractivity contribution in [2.24, 2.45) is 0 Å². The van der Waals surface area contributed by atoms with Crippen LogP contribution in [0.5, 0.6) is 17.2 Å². The maximum atomic E-state index is 13.5. The van der Waals surface area contributed by atoms with Crippen LogP contribution in [0.4, 0.5) is 5.13 Å². The highest BCUT2D eigenvalue weighted by Gasteiger charge is 2.28. The Hall–Kier alpha value is -3.63. The Kier molecular flexibility index (Phi) is 7.23.